The van der Waals surface area contributed by atoms with Gasteiger partial charge in [-0.3, -0.25) is 9.88 Å². The molecule has 0 unspecified atom stereocenters. The van der Waals surface area contributed by atoms with Crippen LogP contribution in [-0.4, -0.2) is 52.5 Å². The van der Waals surface area contributed by atoms with Crippen LogP contribution in [-0.2, 0) is 0 Å². The number of carboxylic acid groups (broad SMARTS) is 1. The third-order valence-electron chi connectivity index (χ3n) is 4.85. The van der Waals surface area contributed by atoms with Gasteiger partial charge in [0.2, 0.25) is 0 Å². The summed E-state index contributed by atoms with van der Waals surface area (Å²) in [4.78, 5) is 24.0. The Hall–Kier alpha value is -3.03. The highest BCUT2D eigenvalue weighted by molar-refractivity contribution is 5.86. The molecule has 0 radical (unpaired) electrons. The van der Waals surface area contributed by atoms with E-state index in [2.05, 4.69) is 14.9 Å². The van der Waals surface area contributed by atoms with Crippen molar-refractivity contribution in [2.24, 2.45) is 0 Å². The number of nitrogens with zero attached hydrogens (tertiary/aromatic N) is 4. The van der Waals surface area contributed by atoms with Crippen molar-refractivity contribution in [3.63, 3.8) is 0 Å². The number of hydrogen-bond donors (Lipinski definition) is 1. The van der Waals surface area contributed by atoms with Crippen LogP contribution < -0.4 is 19.3 Å². The molecule has 2 heterocycles. The lowest BCUT2D eigenvalue weighted by Crippen LogP contribution is -2.46. The third kappa shape index (κ3) is 5.11. The van der Waals surface area contributed by atoms with E-state index in [1.807, 2.05) is 52.0 Å². The van der Waals surface area contributed by atoms with E-state index < -0.39 is 11.6 Å². The fourth-order valence-electron chi connectivity index (χ4n) is 3.58. The highest BCUT2D eigenvalue weighted by Crippen LogP contribution is 2.30. The maximum absolute atomic E-state index is 11.8. The van der Waals surface area contributed by atoms with E-state index in [0.717, 1.165) is 30.9 Å². The van der Waals surface area contributed by atoms with Gasteiger partial charge in [0.15, 0.2) is 17.3 Å². The SMILES string of the molecule is CCOc1ccccc1O[C@@H]1CCCN(c2cncc(N(C(=O)O)C(C)(C)C)n2)C1. The van der Waals surface area contributed by atoms with Crippen molar-refractivity contribution < 1.29 is 19.4 Å². The molecule has 162 valence electrons. The van der Waals surface area contributed by atoms with Crippen molar-refractivity contribution in [1.29, 1.82) is 0 Å². The first-order chi connectivity index (χ1) is 14.3. The van der Waals surface area contributed by atoms with E-state index in [1.54, 1.807) is 6.20 Å². The Balaban J connectivity index is 1.77. The average Bonchev–Trinajstić information content (AvgIpc) is 2.69. The van der Waals surface area contributed by atoms with Gasteiger partial charge in [0.05, 0.1) is 25.5 Å². The highest BCUT2D eigenvalue weighted by Gasteiger charge is 2.30. The van der Waals surface area contributed by atoms with Gasteiger partial charge in [-0.25, -0.2) is 9.78 Å². The summed E-state index contributed by atoms with van der Waals surface area (Å²) in [6.07, 6.45) is 3.94. The van der Waals surface area contributed by atoms with Gasteiger partial charge in [-0.15, -0.1) is 0 Å². The number of anilines is 2. The second kappa shape index (κ2) is 9.19. The molecule has 1 aromatic carbocycles. The summed E-state index contributed by atoms with van der Waals surface area (Å²) in [6, 6.07) is 7.68. The molecule has 8 heteroatoms. The van der Waals surface area contributed by atoms with Gasteiger partial charge in [-0.1, -0.05) is 12.1 Å². The summed E-state index contributed by atoms with van der Waals surface area (Å²) in [5.74, 6) is 2.43. The molecule has 0 saturated carbocycles. The zero-order valence-corrected chi connectivity index (χ0v) is 18.0. The summed E-state index contributed by atoms with van der Waals surface area (Å²) in [6.45, 7) is 9.47. The van der Waals surface area contributed by atoms with Crippen molar-refractivity contribution in [3.8, 4) is 11.5 Å². The van der Waals surface area contributed by atoms with Crippen molar-refractivity contribution in [2.75, 3.05) is 29.5 Å². The van der Waals surface area contributed by atoms with E-state index in [4.69, 9.17) is 9.47 Å². The monoisotopic (exact) mass is 414 g/mol. The van der Waals surface area contributed by atoms with E-state index in [-0.39, 0.29) is 6.10 Å². The Morgan fingerprint density at radius 3 is 2.67 bits per heavy atom. The van der Waals surface area contributed by atoms with Crippen molar-refractivity contribution in [1.82, 2.24) is 9.97 Å². The molecule has 30 heavy (non-hydrogen) atoms. The first-order valence-corrected chi connectivity index (χ1v) is 10.3. The average molecular weight is 415 g/mol. The summed E-state index contributed by atoms with van der Waals surface area (Å²) in [7, 11) is 0. The number of piperidine rings is 1. The van der Waals surface area contributed by atoms with E-state index in [9.17, 15) is 9.90 Å². The number of amides is 1. The minimum absolute atomic E-state index is 0.0241. The zero-order chi connectivity index (χ0) is 21.7. The van der Waals surface area contributed by atoms with E-state index in [0.29, 0.717) is 24.8 Å². The number of ether oxygens (including phenoxy) is 2. The number of aromatic nitrogens is 2. The fourth-order valence-corrected chi connectivity index (χ4v) is 3.58. The fraction of sp³-hybridized carbons (Fsp3) is 0.500. The third-order valence-corrected chi connectivity index (χ3v) is 4.85. The number of benzene rings is 1. The molecule has 1 amide bonds. The van der Waals surface area contributed by atoms with Gasteiger partial charge in [0.25, 0.3) is 0 Å². The van der Waals surface area contributed by atoms with Crippen LogP contribution in [0.25, 0.3) is 0 Å². The predicted molar refractivity (Wildman–Crippen MR) is 116 cm³/mol. The van der Waals surface area contributed by atoms with Crippen molar-refractivity contribution in [2.45, 2.75) is 52.2 Å². The summed E-state index contributed by atoms with van der Waals surface area (Å²) in [5, 5.41) is 9.65. The largest absolute Gasteiger partial charge is 0.490 e. The number of rotatable bonds is 6. The Morgan fingerprint density at radius 2 is 2.00 bits per heavy atom. The Kier molecular flexibility index (Phi) is 6.64. The number of para-hydroxylation sites is 2. The lowest BCUT2D eigenvalue weighted by atomic mass is 10.1. The van der Waals surface area contributed by atoms with Gasteiger partial charge in [0.1, 0.15) is 11.9 Å². The van der Waals surface area contributed by atoms with E-state index >= 15 is 0 Å². The normalized spacial score (nSPS) is 16.8. The van der Waals surface area contributed by atoms with Crippen LogP contribution in [0.1, 0.15) is 40.5 Å². The van der Waals surface area contributed by atoms with Crippen LogP contribution in [0, 0.1) is 0 Å². The molecule has 0 spiro atoms. The number of carbonyl (C=O) groups is 1. The summed E-state index contributed by atoms with van der Waals surface area (Å²) < 4.78 is 11.9. The molecule has 2 aromatic rings. The van der Waals surface area contributed by atoms with Gasteiger partial charge in [0, 0.05) is 12.1 Å². The predicted octanol–water partition coefficient (Wildman–Crippen LogP) is 4.21. The molecule has 3 rings (SSSR count). The van der Waals surface area contributed by atoms with Gasteiger partial charge in [-0.2, -0.15) is 0 Å². The molecule has 1 aromatic heterocycles. The first-order valence-electron chi connectivity index (χ1n) is 10.3. The maximum atomic E-state index is 11.8. The molecular weight excluding hydrogens is 384 g/mol. The lowest BCUT2D eigenvalue weighted by molar-refractivity contribution is 0.170. The Labute approximate surface area is 177 Å². The molecule has 1 fully saturated rings. The van der Waals surface area contributed by atoms with Gasteiger partial charge in [-0.05, 0) is 52.7 Å². The topological polar surface area (TPSA) is 88.0 Å². The van der Waals surface area contributed by atoms with Crippen molar-refractivity contribution in [3.05, 3.63) is 36.7 Å². The first kappa shape index (κ1) is 21.7. The second-order valence-corrected chi connectivity index (χ2v) is 8.23. The lowest BCUT2D eigenvalue weighted by Gasteiger charge is -2.35. The molecule has 0 aliphatic carbocycles. The Bertz CT molecular complexity index is 868. The summed E-state index contributed by atoms with van der Waals surface area (Å²) >= 11 is 0. The van der Waals surface area contributed by atoms with Crippen molar-refractivity contribution >= 4 is 17.7 Å². The summed E-state index contributed by atoms with van der Waals surface area (Å²) in [5.41, 5.74) is -0.629. The van der Waals surface area contributed by atoms with Crippen LogP contribution in [0.2, 0.25) is 0 Å². The minimum Gasteiger partial charge on any atom is -0.490 e. The molecule has 8 nitrogen and oxygen atoms in total. The minimum atomic E-state index is -1.05. The molecule has 1 aliphatic heterocycles. The van der Waals surface area contributed by atoms with Crippen LogP contribution in [0.3, 0.4) is 0 Å². The molecule has 1 N–H and O–H groups in total. The molecule has 0 bridgehead atoms. The zero-order valence-electron chi connectivity index (χ0n) is 18.0. The second-order valence-electron chi connectivity index (χ2n) is 8.23. The maximum Gasteiger partial charge on any atom is 0.413 e. The van der Waals surface area contributed by atoms with E-state index in [1.165, 1.54) is 11.1 Å². The smallest absolute Gasteiger partial charge is 0.413 e. The van der Waals surface area contributed by atoms with Crippen LogP contribution in [0.5, 0.6) is 11.5 Å². The Morgan fingerprint density at radius 1 is 1.27 bits per heavy atom. The van der Waals surface area contributed by atoms with Crippen LogP contribution in [0.15, 0.2) is 36.7 Å². The molecule has 1 aliphatic rings. The van der Waals surface area contributed by atoms with Gasteiger partial charge < -0.3 is 19.5 Å². The molecule has 1 saturated heterocycles. The highest BCUT2D eigenvalue weighted by atomic mass is 16.5. The van der Waals surface area contributed by atoms with Gasteiger partial charge >= 0.3 is 6.09 Å². The van der Waals surface area contributed by atoms with Crippen LogP contribution >= 0.6 is 0 Å². The molecule has 1 atom stereocenters. The number of hydrogen-bond acceptors (Lipinski definition) is 6. The van der Waals surface area contributed by atoms with Crippen LogP contribution in [0.4, 0.5) is 16.4 Å². The quantitative estimate of drug-likeness (QED) is 0.757. The standard InChI is InChI=1S/C22H30N4O4/c1-5-29-17-10-6-7-11-18(17)30-16-9-8-12-25(15-16)19-13-23-14-20(24-19)26(21(27)28)22(2,3)4/h6-7,10-11,13-14,16H,5,8-9,12,15H2,1-4H3,(H,27,28)/t16-/m1/s1. The molecular formula is C22H30N4O4.